The summed E-state index contributed by atoms with van der Waals surface area (Å²) < 4.78 is 7.61. The van der Waals surface area contributed by atoms with Gasteiger partial charge >= 0.3 is 0 Å². The smallest absolute Gasteiger partial charge is 0.130 e. The van der Waals surface area contributed by atoms with Crippen molar-refractivity contribution >= 4 is 0 Å². The summed E-state index contributed by atoms with van der Waals surface area (Å²) in [5, 5.41) is 0. The molecular weight excluding hydrogens is 214 g/mol. The van der Waals surface area contributed by atoms with Gasteiger partial charge in [-0.1, -0.05) is 12.1 Å². The van der Waals surface area contributed by atoms with Crippen LogP contribution in [0.4, 0.5) is 0 Å². The van der Waals surface area contributed by atoms with Crippen molar-refractivity contribution in [3.63, 3.8) is 0 Å². The molecule has 0 saturated heterocycles. The predicted octanol–water partition coefficient (Wildman–Crippen LogP) is 2.02. The van der Waals surface area contributed by atoms with Gasteiger partial charge < -0.3 is 15.0 Å². The summed E-state index contributed by atoms with van der Waals surface area (Å²) >= 11 is 0. The van der Waals surface area contributed by atoms with E-state index in [0.29, 0.717) is 6.61 Å². The zero-order chi connectivity index (χ0) is 12.3. The summed E-state index contributed by atoms with van der Waals surface area (Å²) in [5.41, 5.74) is 7.93. The van der Waals surface area contributed by atoms with Crippen LogP contribution in [0.5, 0.6) is 5.75 Å². The van der Waals surface area contributed by atoms with E-state index in [4.69, 9.17) is 10.5 Å². The first-order valence-electron chi connectivity index (χ1n) is 5.60. The van der Waals surface area contributed by atoms with Crippen LogP contribution >= 0.6 is 0 Å². The Balaban J connectivity index is 1.98. The standard InChI is InChI=1S/C13H17N3O/c1-10(14)11-3-5-13(6-4-11)17-8-12-7-15-9-16(12)2/h3-7,9-10H,8,14H2,1-2H3. The van der Waals surface area contributed by atoms with Crippen molar-refractivity contribution in [2.75, 3.05) is 0 Å². The summed E-state index contributed by atoms with van der Waals surface area (Å²) in [6.07, 6.45) is 3.56. The number of hydrogen-bond acceptors (Lipinski definition) is 3. The second-order valence-electron chi connectivity index (χ2n) is 4.14. The monoisotopic (exact) mass is 231 g/mol. The largest absolute Gasteiger partial charge is 0.487 e. The number of aromatic nitrogens is 2. The van der Waals surface area contributed by atoms with Gasteiger partial charge in [-0.25, -0.2) is 4.98 Å². The lowest BCUT2D eigenvalue weighted by Gasteiger charge is -2.09. The highest BCUT2D eigenvalue weighted by Crippen LogP contribution is 2.17. The lowest BCUT2D eigenvalue weighted by atomic mass is 10.1. The summed E-state index contributed by atoms with van der Waals surface area (Å²) in [6, 6.07) is 7.91. The third kappa shape index (κ3) is 2.85. The number of nitrogens with two attached hydrogens (primary N) is 1. The summed E-state index contributed by atoms with van der Waals surface area (Å²) in [7, 11) is 1.95. The average molecular weight is 231 g/mol. The van der Waals surface area contributed by atoms with E-state index in [9.17, 15) is 0 Å². The molecule has 4 nitrogen and oxygen atoms in total. The van der Waals surface area contributed by atoms with E-state index in [1.165, 1.54) is 0 Å². The molecule has 2 aromatic rings. The Morgan fingerprint density at radius 3 is 2.59 bits per heavy atom. The fourth-order valence-electron chi connectivity index (χ4n) is 1.55. The van der Waals surface area contributed by atoms with E-state index in [1.54, 1.807) is 12.5 Å². The first-order chi connectivity index (χ1) is 8.16. The fourth-order valence-corrected chi connectivity index (χ4v) is 1.55. The number of benzene rings is 1. The number of ether oxygens (including phenoxy) is 1. The highest BCUT2D eigenvalue weighted by atomic mass is 16.5. The first-order valence-corrected chi connectivity index (χ1v) is 5.60. The Morgan fingerprint density at radius 1 is 1.35 bits per heavy atom. The van der Waals surface area contributed by atoms with Crippen LogP contribution in [0.1, 0.15) is 24.2 Å². The van der Waals surface area contributed by atoms with Crippen LogP contribution in [0, 0.1) is 0 Å². The molecule has 0 spiro atoms. The molecule has 0 aliphatic heterocycles. The number of aryl methyl sites for hydroxylation is 1. The number of imidazole rings is 1. The van der Waals surface area contributed by atoms with Gasteiger partial charge in [0.15, 0.2) is 0 Å². The molecule has 0 saturated carbocycles. The van der Waals surface area contributed by atoms with E-state index in [-0.39, 0.29) is 6.04 Å². The molecule has 0 aliphatic carbocycles. The van der Waals surface area contributed by atoms with Crippen LogP contribution < -0.4 is 10.5 Å². The maximum absolute atomic E-state index is 5.78. The maximum Gasteiger partial charge on any atom is 0.130 e. The Labute approximate surface area is 101 Å². The van der Waals surface area contributed by atoms with E-state index in [0.717, 1.165) is 17.0 Å². The molecule has 1 aromatic carbocycles. The van der Waals surface area contributed by atoms with Crippen molar-refractivity contribution in [3.8, 4) is 5.75 Å². The third-order valence-electron chi connectivity index (χ3n) is 2.71. The summed E-state index contributed by atoms with van der Waals surface area (Å²) in [5.74, 6) is 0.843. The van der Waals surface area contributed by atoms with E-state index < -0.39 is 0 Å². The second kappa shape index (κ2) is 5.01. The lowest BCUT2D eigenvalue weighted by Crippen LogP contribution is -2.05. The van der Waals surface area contributed by atoms with E-state index in [2.05, 4.69) is 4.98 Å². The summed E-state index contributed by atoms with van der Waals surface area (Å²) in [6.45, 7) is 2.49. The van der Waals surface area contributed by atoms with Crippen LogP contribution in [0.2, 0.25) is 0 Å². The molecule has 90 valence electrons. The van der Waals surface area contributed by atoms with E-state index in [1.807, 2.05) is 42.8 Å². The molecule has 0 amide bonds. The quantitative estimate of drug-likeness (QED) is 0.875. The highest BCUT2D eigenvalue weighted by Gasteiger charge is 2.01. The Kier molecular flexibility index (Phi) is 3.44. The molecule has 1 heterocycles. The minimum absolute atomic E-state index is 0.0566. The van der Waals surface area contributed by atoms with Gasteiger partial charge in [-0.3, -0.25) is 0 Å². The lowest BCUT2D eigenvalue weighted by molar-refractivity contribution is 0.297. The van der Waals surface area contributed by atoms with Gasteiger partial charge in [0.2, 0.25) is 0 Å². The van der Waals surface area contributed by atoms with Gasteiger partial charge in [-0.2, -0.15) is 0 Å². The number of nitrogens with zero attached hydrogens (tertiary/aromatic N) is 2. The molecule has 4 heteroatoms. The maximum atomic E-state index is 5.78. The summed E-state index contributed by atoms with van der Waals surface area (Å²) in [4.78, 5) is 4.04. The van der Waals surface area contributed by atoms with Crippen molar-refractivity contribution in [2.24, 2.45) is 12.8 Å². The van der Waals surface area contributed by atoms with Gasteiger partial charge in [0, 0.05) is 13.1 Å². The van der Waals surface area contributed by atoms with Crippen molar-refractivity contribution in [3.05, 3.63) is 48.0 Å². The van der Waals surface area contributed by atoms with Crippen molar-refractivity contribution < 1.29 is 4.74 Å². The van der Waals surface area contributed by atoms with Gasteiger partial charge in [-0.05, 0) is 24.6 Å². The van der Waals surface area contributed by atoms with Crippen LogP contribution in [0.3, 0.4) is 0 Å². The molecule has 0 aliphatic rings. The molecule has 2 rings (SSSR count). The van der Waals surface area contributed by atoms with Crippen LogP contribution in [0.25, 0.3) is 0 Å². The molecule has 0 radical (unpaired) electrons. The molecular formula is C13H17N3O. The Hall–Kier alpha value is -1.81. The van der Waals surface area contributed by atoms with Gasteiger partial charge in [0.25, 0.3) is 0 Å². The zero-order valence-corrected chi connectivity index (χ0v) is 10.1. The van der Waals surface area contributed by atoms with Crippen molar-refractivity contribution in [1.29, 1.82) is 0 Å². The molecule has 0 bridgehead atoms. The minimum atomic E-state index is 0.0566. The molecule has 2 N–H and O–H groups in total. The Bertz CT molecular complexity index is 474. The predicted molar refractivity (Wildman–Crippen MR) is 66.6 cm³/mol. The first kappa shape index (κ1) is 11.7. The fraction of sp³-hybridized carbons (Fsp3) is 0.308. The molecule has 1 atom stereocenters. The van der Waals surface area contributed by atoms with Crippen LogP contribution in [0.15, 0.2) is 36.8 Å². The number of hydrogen-bond donors (Lipinski definition) is 1. The van der Waals surface area contributed by atoms with E-state index >= 15 is 0 Å². The SMILES string of the molecule is CC(N)c1ccc(OCc2cncn2C)cc1. The van der Waals surface area contributed by atoms with Crippen molar-refractivity contribution in [1.82, 2.24) is 9.55 Å². The second-order valence-corrected chi connectivity index (χ2v) is 4.14. The Morgan fingerprint density at radius 2 is 2.06 bits per heavy atom. The molecule has 0 fully saturated rings. The molecule has 1 unspecified atom stereocenters. The third-order valence-corrected chi connectivity index (χ3v) is 2.71. The minimum Gasteiger partial charge on any atom is -0.487 e. The topological polar surface area (TPSA) is 53.1 Å². The van der Waals surface area contributed by atoms with Crippen molar-refractivity contribution in [2.45, 2.75) is 19.6 Å². The highest BCUT2D eigenvalue weighted by molar-refractivity contribution is 5.28. The molecule has 17 heavy (non-hydrogen) atoms. The van der Waals surface area contributed by atoms with Gasteiger partial charge in [0.05, 0.1) is 18.2 Å². The zero-order valence-electron chi connectivity index (χ0n) is 10.1. The van der Waals surface area contributed by atoms with Gasteiger partial charge in [-0.15, -0.1) is 0 Å². The van der Waals surface area contributed by atoms with Crippen LogP contribution in [-0.4, -0.2) is 9.55 Å². The van der Waals surface area contributed by atoms with Crippen LogP contribution in [-0.2, 0) is 13.7 Å². The normalized spacial score (nSPS) is 12.4. The number of rotatable bonds is 4. The van der Waals surface area contributed by atoms with Gasteiger partial charge in [0.1, 0.15) is 12.4 Å². The molecule has 1 aromatic heterocycles. The average Bonchev–Trinajstić information content (AvgIpc) is 2.73.